The summed E-state index contributed by atoms with van der Waals surface area (Å²) >= 11 is 2.86. The van der Waals surface area contributed by atoms with Gasteiger partial charge in [0.2, 0.25) is 17.1 Å². The number of carbonyl (C=O) groups excluding carboxylic acids is 2. The summed E-state index contributed by atoms with van der Waals surface area (Å²) in [6, 6.07) is 2.43. The molecule has 5 heterocycles. The average molecular weight is 589 g/mol. The first kappa shape index (κ1) is 27.1. The van der Waals surface area contributed by atoms with E-state index in [4.69, 9.17) is 10.6 Å². The fraction of sp³-hybridized carbons (Fsp3) is 0.304. The number of thiophene rings is 1. The van der Waals surface area contributed by atoms with Crippen LogP contribution < -0.4 is 15.6 Å². The number of hydrogen-bond donors (Lipinski definition) is 4. The van der Waals surface area contributed by atoms with Crippen LogP contribution in [0.5, 0.6) is 0 Å². The molecule has 1 unspecified atom stereocenters. The van der Waals surface area contributed by atoms with Crippen molar-refractivity contribution >= 4 is 68.7 Å². The Morgan fingerprint density at radius 1 is 1.35 bits per heavy atom. The number of nitrogens with one attached hydrogen (secondary N) is 1. The van der Waals surface area contributed by atoms with E-state index in [2.05, 4.69) is 25.1 Å². The number of aliphatic carboxylic acids is 2. The Morgan fingerprint density at radius 3 is 2.80 bits per heavy atom. The minimum Gasteiger partial charge on any atom is -0.478 e. The molecule has 0 saturated carbocycles. The highest BCUT2D eigenvalue weighted by atomic mass is 32.2. The Labute approximate surface area is 233 Å². The summed E-state index contributed by atoms with van der Waals surface area (Å²) < 4.78 is 7.58. The number of nitrogens with two attached hydrogens (primary N) is 1. The minimum atomic E-state index is -1.81. The van der Waals surface area contributed by atoms with Gasteiger partial charge in [-0.3, -0.25) is 14.5 Å². The summed E-state index contributed by atoms with van der Waals surface area (Å²) in [5, 5.41) is 31.2. The summed E-state index contributed by atoms with van der Waals surface area (Å²) in [7, 11) is 0. The van der Waals surface area contributed by atoms with Gasteiger partial charge < -0.3 is 30.6 Å². The molecular formula is C23H22N7O8S2+. The zero-order valence-electron chi connectivity index (χ0n) is 20.9. The Balaban J connectivity index is 1.36. The Hall–Kier alpha value is -4.51. The van der Waals surface area contributed by atoms with Crippen molar-refractivity contribution in [1.29, 1.82) is 0 Å². The third kappa shape index (κ3) is 4.95. The van der Waals surface area contributed by atoms with E-state index < -0.39 is 52.3 Å². The molecule has 0 spiro atoms. The van der Waals surface area contributed by atoms with Gasteiger partial charge in [0, 0.05) is 22.8 Å². The maximum atomic E-state index is 13.1. The monoisotopic (exact) mass is 588 g/mol. The molecule has 2 atom stereocenters. The van der Waals surface area contributed by atoms with Gasteiger partial charge in [-0.15, -0.1) is 23.1 Å². The molecule has 3 aromatic heterocycles. The first-order valence-electron chi connectivity index (χ1n) is 11.6. The number of nitrogen functional groups attached to an aromatic ring is 1. The zero-order valence-corrected chi connectivity index (χ0v) is 22.6. The van der Waals surface area contributed by atoms with Gasteiger partial charge in [0.15, 0.2) is 18.9 Å². The summed E-state index contributed by atoms with van der Waals surface area (Å²) in [5.41, 5.74) is 3.45. The number of aromatic nitrogens is 3. The number of carboxylic acids is 2. The van der Waals surface area contributed by atoms with E-state index >= 15 is 0 Å². The molecule has 1 fully saturated rings. The number of carboxylic acid groups (broad SMARTS) is 2. The summed E-state index contributed by atoms with van der Waals surface area (Å²) in [6.07, 6.45) is 3.77. The van der Waals surface area contributed by atoms with Gasteiger partial charge in [0.25, 0.3) is 11.8 Å². The number of β-lactam (4-membered cyclic amide) rings is 1. The number of fused-ring (bicyclic) bond motifs is 2. The van der Waals surface area contributed by atoms with E-state index in [0.717, 1.165) is 15.0 Å². The third-order valence-corrected chi connectivity index (χ3v) is 8.32. The van der Waals surface area contributed by atoms with Crippen molar-refractivity contribution in [2.24, 2.45) is 5.16 Å². The zero-order chi connectivity index (χ0) is 28.8. The molecule has 2 aliphatic heterocycles. The van der Waals surface area contributed by atoms with Crippen LogP contribution in [0.15, 0.2) is 50.9 Å². The van der Waals surface area contributed by atoms with E-state index in [1.807, 2.05) is 34.5 Å². The number of anilines is 1. The van der Waals surface area contributed by atoms with Gasteiger partial charge in [-0.1, -0.05) is 10.3 Å². The molecule has 2 amide bonds. The largest absolute Gasteiger partial charge is 0.478 e. The molecule has 1 saturated heterocycles. The van der Waals surface area contributed by atoms with Crippen LogP contribution in [0.1, 0.15) is 19.7 Å². The lowest BCUT2D eigenvalue weighted by atomic mass is 10.0. The average Bonchev–Trinajstić information content (AvgIpc) is 3.55. The molecular weight excluding hydrogens is 566 g/mol. The van der Waals surface area contributed by atoms with Crippen molar-refractivity contribution < 1.29 is 43.3 Å². The van der Waals surface area contributed by atoms with Crippen LogP contribution >= 0.6 is 23.1 Å². The van der Waals surface area contributed by atoms with Gasteiger partial charge in [0.1, 0.15) is 17.1 Å². The van der Waals surface area contributed by atoms with Crippen molar-refractivity contribution in [3.05, 3.63) is 47.0 Å². The Morgan fingerprint density at radius 2 is 2.12 bits per heavy atom. The van der Waals surface area contributed by atoms with Crippen LogP contribution in [0.25, 0.3) is 10.1 Å². The third-order valence-electron chi connectivity index (χ3n) is 6.11. The second-order valence-corrected chi connectivity index (χ2v) is 11.3. The number of amides is 2. The highest BCUT2D eigenvalue weighted by Gasteiger charge is 2.55. The van der Waals surface area contributed by atoms with Crippen LogP contribution in [-0.2, 0) is 30.6 Å². The number of nitrogens with zero attached hydrogens (tertiary/aromatic N) is 5. The lowest BCUT2D eigenvalue weighted by Crippen LogP contribution is -2.71. The lowest BCUT2D eigenvalue weighted by Gasteiger charge is -2.49. The van der Waals surface area contributed by atoms with Crippen LogP contribution in [-0.4, -0.2) is 77.5 Å². The predicted molar refractivity (Wildman–Crippen MR) is 140 cm³/mol. The molecule has 3 aromatic rings. The van der Waals surface area contributed by atoms with Crippen molar-refractivity contribution in [2.45, 2.75) is 37.4 Å². The standard InChI is InChI=1S/C23H21N7O8S2/c1-23(2,21(35)36)38-27-13(16-26-22(24)37-28-16)17(31)25-14-18(32)30-15(20(33)34)11(9-40-19(14)30)7-29-5-3-10-4-6-39-12(10)8-29/h3-6,8,14,19H,7,9H2,1-2H3,(H4-,24,25,26,28,31,33,34,35,36)/p+1/t14?,19-/m1/s1. The van der Waals surface area contributed by atoms with E-state index in [0.29, 0.717) is 11.3 Å². The Kier molecular flexibility index (Phi) is 6.92. The molecule has 40 heavy (non-hydrogen) atoms. The molecule has 15 nitrogen and oxygen atoms in total. The van der Waals surface area contributed by atoms with Crippen molar-refractivity contribution in [3.63, 3.8) is 0 Å². The fourth-order valence-corrected chi connectivity index (χ4v) is 6.16. The lowest BCUT2D eigenvalue weighted by molar-refractivity contribution is -0.687. The molecule has 0 aromatic carbocycles. The van der Waals surface area contributed by atoms with E-state index in [-0.39, 0.29) is 18.3 Å². The number of thioether (sulfide) groups is 1. The summed E-state index contributed by atoms with van der Waals surface area (Å²) in [5.74, 6) is -4.33. The molecule has 0 bridgehead atoms. The van der Waals surface area contributed by atoms with Crippen LogP contribution in [0.2, 0.25) is 0 Å². The highest BCUT2D eigenvalue weighted by Crippen LogP contribution is 2.40. The second-order valence-electron chi connectivity index (χ2n) is 9.28. The second kappa shape index (κ2) is 10.2. The summed E-state index contributed by atoms with van der Waals surface area (Å²) in [4.78, 5) is 59.8. The van der Waals surface area contributed by atoms with Gasteiger partial charge in [-0.05, 0) is 25.3 Å². The smallest absolute Gasteiger partial charge is 0.352 e. The van der Waals surface area contributed by atoms with E-state index in [1.165, 1.54) is 25.6 Å². The highest BCUT2D eigenvalue weighted by molar-refractivity contribution is 8.00. The molecule has 5 N–H and O–H groups in total. The van der Waals surface area contributed by atoms with Crippen LogP contribution in [0, 0.1) is 0 Å². The van der Waals surface area contributed by atoms with Gasteiger partial charge >= 0.3 is 18.0 Å². The quantitative estimate of drug-likeness (QED) is 0.114. The maximum absolute atomic E-state index is 13.1. The van der Waals surface area contributed by atoms with Gasteiger partial charge in [-0.25, -0.2) is 9.59 Å². The molecule has 17 heteroatoms. The normalized spacial score (nSPS) is 19.3. The first-order valence-corrected chi connectivity index (χ1v) is 13.6. The van der Waals surface area contributed by atoms with Crippen molar-refractivity contribution in [3.8, 4) is 0 Å². The van der Waals surface area contributed by atoms with Gasteiger partial charge in [0.05, 0.1) is 4.70 Å². The van der Waals surface area contributed by atoms with Crippen LogP contribution in [0.3, 0.4) is 0 Å². The number of carbonyl (C=O) groups is 4. The predicted octanol–water partition coefficient (Wildman–Crippen LogP) is 0.177. The number of pyridine rings is 1. The van der Waals surface area contributed by atoms with E-state index in [1.54, 1.807) is 11.3 Å². The molecule has 208 valence electrons. The molecule has 0 aliphatic carbocycles. The number of rotatable bonds is 9. The first-order chi connectivity index (χ1) is 19.0. The van der Waals surface area contributed by atoms with Crippen molar-refractivity contribution in [2.75, 3.05) is 11.5 Å². The number of oxime groups is 1. The SMILES string of the molecule is CC(C)(ON=C(C(=O)NC1C(=O)N2C(C(=O)O)=C(C[n+]3ccc4ccsc4c3)CS[C@H]12)c1noc(N)n1)C(=O)O. The fourth-order valence-electron chi connectivity index (χ4n) is 3.99. The Bertz CT molecular complexity index is 1610. The minimum absolute atomic E-state index is 0.135. The molecule has 2 aliphatic rings. The summed E-state index contributed by atoms with van der Waals surface area (Å²) in [6.45, 7) is 2.68. The maximum Gasteiger partial charge on any atom is 0.352 e. The topological polar surface area (TPSA) is 214 Å². The van der Waals surface area contributed by atoms with Crippen LogP contribution in [0.4, 0.5) is 6.01 Å². The number of hydrogen-bond acceptors (Lipinski definition) is 12. The molecule has 5 rings (SSSR count). The molecule has 0 radical (unpaired) electrons. The van der Waals surface area contributed by atoms with Gasteiger partial charge in [-0.2, -0.15) is 9.55 Å². The van der Waals surface area contributed by atoms with Crippen molar-refractivity contribution in [1.82, 2.24) is 20.4 Å². The van der Waals surface area contributed by atoms with E-state index in [9.17, 15) is 29.4 Å².